The van der Waals surface area contributed by atoms with Gasteiger partial charge in [-0.05, 0) is 25.0 Å². The fourth-order valence-electron chi connectivity index (χ4n) is 2.45. The highest BCUT2D eigenvalue weighted by molar-refractivity contribution is 5.90. The van der Waals surface area contributed by atoms with Gasteiger partial charge in [0.2, 0.25) is 5.89 Å². The van der Waals surface area contributed by atoms with Gasteiger partial charge in [-0.15, -0.1) is 0 Å². The molecule has 0 fully saturated rings. The van der Waals surface area contributed by atoms with E-state index < -0.39 is 0 Å². The summed E-state index contributed by atoms with van der Waals surface area (Å²) in [5.74, 6) is 1.15. The number of benzene rings is 2. The van der Waals surface area contributed by atoms with E-state index in [4.69, 9.17) is 4.42 Å². The van der Waals surface area contributed by atoms with Crippen LogP contribution in [-0.2, 0) is 6.54 Å². The zero-order chi connectivity index (χ0) is 16.9. The summed E-state index contributed by atoms with van der Waals surface area (Å²) in [6, 6.07) is 15.3. The molecular formula is C19H19N3O2. The van der Waals surface area contributed by atoms with Crippen LogP contribution in [0.1, 0.15) is 17.0 Å². The predicted molar refractivity (Wildman–Crippen MR) is 93.7 cm³/mol. The summed E-state index contributed by atoms with van der Waals surface area (Å²) in [6.45, 7) is 4.15. The number of rotatable bonds is 4. The second-order valence-corrected chi connectivity index (χ2v) is 5.56. The number of oxazole rings is 1. The molecule has 3 rings (SSSR count). The average molecular weight is 321 g/mol. The molecule has 0 atom stereocenters. The monoisotopic (exact) mass is 321 g/mol. The van der Waals surface area contributed by atoms with Crippen molar-refractivity contribution in [1.29, 1.82) is 0 Å². The Morgan fingerprint density at radius 1 is 1.04 bits per heavy atom. The number of amides is 2. The molecule has 0 aliphatic heterocycles. The Bertz CT molecular complexity index is 821. The second-order valence-electron chi connectivity index (χ2n) is 5.56. The first-order chi connectivity index (χ1) is 11.6. The molecule has 0 aliphatic rings. The third kappa shape index (κ3) is 3.63. The molecular weight excluding hydrogens is 302 g/mol. The number of urea groups is 1. The Balaban J connectivity index is 1.60. The summed E-state index contributed by atoms with van der Waals surface area (Å²) in [4.78, 5) is 16.3. The van der Waals surface area contributed by atoms with Gasteiger partial charge >= 0.3 is 6.03 Å². The zero-order valence-electron chi connectivity index (χ0n) is 13.7. The van der Waals surface area contributed by atoms with Gasteiger partial charge in [-0.3, -0.25) is 0 Å². The molecule has 0 aliphatic carbocycles. The maximum atomic E-state index is 12.1. The molecule has 2 N–H and O–H groups in total. The lowest BCUT2D eigenvalue weighted by Gasteiger charge is -2.11. The maximum Gasteiger partial charge on any atom is 0.319 e. The first-order valence-corrected chi connectivity index (χ1v) is 7.74. The second kappa shape index (κ2) is 7.00. The summed E-state index contributed by atoms with van der Waals surface area (Å²) in [6.07, 6.45) is 1.66. The number of aryl methyl sites for hydroxylation is 2. The Kier molecular flexibility index (Phi) is 4.61. The highest BCUT2D eigenvalue weighted by Crippen LogP contribution is 2.20. The SMILES string of the molecule is Cc1cccc(C)c1NC(=O)NCc1ncc(-c2ccccc2)o1. The van der Waals surface area contributed by atoms with Gasteiger partial charge in [0, 0.05) is 11.3 Å². The van der Waals surface area contributed by atoms with Gasteiger partial charge in [-0.1, -0.05) is 48.5 Å². The molecule has 0 radical (unpaired) electrons. The molecule has 0 saturated heterocycles. The number of anilines is 1. The Morgan fingerprint density at radius 3 is 2.46 bits per heavy atom. The first-order valence-electron chi connectivity index (χ1n) is 7.74. The first kappa shape index (κ1) is 15.8. The minimum atomic E-state index is -0.285. The topological polar surface area (TPSA) is 67.2 Å². The van der Waals surface area contributed by atoms with Crippen LogP contribution in [0.3, 0.4) is 0 Å². The Hall–Kier alpha value is -3.08. The highest BCUT2D eigenvalue weighted by atomic mass is 16.4. The summed E-state index contributed by atoms with van der Waals surface area (Å²) in [7, 11) is 0. The fraction of sp³-hybridized carbons (Fsp3) is 0.158. The van der Waals surface area contributed by atoms with Gasteiger partial charge < -0.3 is 15.1 Å². The van der Waals surface area contributed by atoms with Crippen LogP contribution >= 0.6 is 0 Å². The molecule has 24 heavy (non-hydrogen) atoms. The van der Waals surface area contributed by atoms with E-state index in [9.17, 15) is 4.79 Å². The molecule has 2 amide bonds. The van der Waals surface area contributed by atoms with Crippen molar-refractivity contribution in [3.8, 4) is 11.3 Å². The molecule has 1 heterocycles. The van der Waals surface area contributed by atoms with Crippen molar-refractivity contribution in [2.75, 3.05) is 5.32 Å². The largest absolute Gasteiger partial charge is 0.439 e. The number of nitrogens with zero attached hydrogens (tertiary/aromatic N) is 1. The van der Waals surface area contributed by atoms with Crippen molar-refractivity contribution >= 4 is 11.7 Å². The van der Waals surface area contributed by atoms with Crippen LogP contribution in [0.5, 0.6) is 0 Å². The van der Waals surface area contributed by atoms with Crippen LogP contribution in [0.15, 0.2) is 59.1 Å². The van der Waals surface area contributed by atoms with Crippen LogP contribution in [0.2, 0.25) is 0 Å². The Morgan fingerprint density at radius 2 is 1.75 bits per heavy atom. The van der Waals surface area contributed by atoms with E-state index in [-0.39, 0.29) is 12.6 Å². The normalized spacial score (nSPS) is 10.4. The van der Waals surface area contributed by atoms with Gasteiger partial charge in [0.05, 0.1) is 12.7 Å². The zero-order valence-corrected chi connectivity index (χ0v) is 13.7. The van der Waals surface area contributed by atoms with E-state index in [0.29, 0.717) is 11.7 Å². The van der Waals surface area contributed by atoms with Gasteiger partial charge in [0.1, 0.15) is 0 Å². The van der Waals surface area contributed by atoms with E-state index in [0.717, 1.165) is 22.4 Å². The van der Waals surface area contributed by atoms with E-state index in [2.05, 4.69) is 15.6 Å². The van der Waals surface area contributed by atoms with Gasteiger partial charge in [-0.25, -0.2) is 9.78 Å². The van der Waals surface area contributed by atoms with Crippen LogP contribution in [-0.4, -0.2) is 11.0 Å². The average Bonchev–Trinajstić information content (AvgIpc) is 3.06. The molecule has 0 unspecified atom stereocenters. The van der Waals surface area contributed by atoms with Crippen molar-refractivity contribution < 1.29 is 9.21 Å². The lowest BCUT2D eigenvalue weighted by atomic mass is 10.1. The fourth-order valence-corrected chi connectivity index (χ4v) is 2.45. The predicted octanol–water partition coefficient (Wildman–Crippen LogP) is 4.28. The van der Waals surface area contributed by atoms with Crippen LogP contribution in [0, 0.1) is 13.8 Å². The smallest absolute Gasteiger partial charge is 0.319 e. The molecule has 3 aromatic rings. The molecule has 0 spiro atoms. The van der Waals surface area contributed by atoms with Gasteiger partial charge in [0.25, 0.3) is 0 Å². The summed E-state index contributed by atoms with van der Waals surface area (Å²) in [5, 5.41) is 5.63. The standard InChI is InChI=1S/C19H19N3O2/c1-13-7-6-8-14(2)18(13)22-19(23)21-12-17-20-11-16(24-17)15-9-4-3-5-10-15/h3-11H,12H2,1-2H3,(H2,21,22,23). The number of carbonyl (C=O) groups excluding carboxylic acids is 1. The number of aromatic nitrogens is 1. The van der Waals surface area contributed by atoms with Crippen LogP contribution < -0.4 is 10.6 Å². The van der Waals surface area contributed by atoms with E-state index in [1.54, 1.807) is 6.20 Å². The number of carbonyl (C=O) groups is 1. The van der Waals surface area contributed by atoms with E-state index in [1.807, 2.05) is 62.4 Å². The molecule has 5 heteroatoms. The minimum Gasteiger partial charge on any atom is -0.439 e. The number of para-hydroxylation sites is 1. The van der Waals surface area contributed by atoms with Crippen molar-refractivity contribution in [2.45, 2.75) is 20.4 Å². The molecule has 5 nitrogen and oxygen atoms in total. The molecule has 0 saturated carbocycles. The van der Waals surface area contributed by atoms with Crippen molar-refractivity contribution in [3.05, 3.63) is 71.7 Å². The van der Waals surface area contributed by atoms with Crippen LogP contribution in [0.25, 0.3) is 11.3 Å². The van der Waals surface area contributed by atoms with Gasteiger partial charge in [-0.2, -0.15) is 0 Å². The van der Waals surface area contributed by atoms with Crippen molar-refractivity contribution in [2.24, 2.45) is 0 Å². The van der Waals surface area contributed by atoms with Crippen LogP contribution in [0.4, 0.5) is 10.5 Å². The lowest BCUT2D eigenvalue weighted by Crippen LogP contribution is -2.28. The number of nitrogens with one attached hydrogen (secondary N) is 2. The Labute approximate surface area is 140 Å². The molecule has 122 valence electrons. The molecule has 1 aromatic heterocycles. The molecule has 2 aromatic carbocycles. The maximum absolute atomic E-state index is 12.1. The third-order valence-corrected chi connectivity index (χ3v) is 3.73. The number of hydrogen-bond acceptors (Lipinski definition) is 3. The van der Waals surface area contributed by atoms with E-state index >= 15 is 0 Å². The number of hydrogen-bond donors (Lipinski definition) is 2. The third-order valence-electron chi connectivity index (χ3n) is 3.73. The lowest BCUT2D eigenvalue weighted by molar-refractivity contribution is 0.250. The summed E-state index contributed by atoms with van der Waals surface area (Å²) >= 11 is 0. The minimum absolute atomic E-state index is 0.226. The van der Waals surface area contributed by atoms with Gasteiger partial charge in [0.15, 0.2) is 5.76 Å². The van der Waals surface area contributed by atoms with Crippen molar-refractivity contribution in [1.82, 2.24) is 10.3 Å². The van der Waals surface area contributed by atoms with Crippen molar-refractivity contribution in [3.63, 3.8) is 0 Å². The summed E-state index contributed by atoms with van der Waals surface area (Å²) in [5.41, 5.74) is 3.82. The summed E-state index contributed by atoms with van der Waals surface area (Å²) < 4.78 is 5.66. The van der Waals surface area contributed by atoms with E-state index in [1.165, 1.54) is 0 Å². The quantitative estimate of drug-likeness (QED) is 0.753. The molecule has 0 bridgehead atoms. The highest BCUT2D eigenvalue weighted by Gasteiger charge is 2.09.